The third-order valence-corrected chi connectivity index (χ3v) is 3.98. The van der Waals surface area contributed by atoms with Gasteiger partial charge in [0.15, 0.2) is 0 Å². The molecule has 0 radical (unpaired) electrons. The SMILES string of the molecule is COc1ccc(Br)c(NC(C)CCc2ccccc2)c1. The minimum atomic E-state index is 0.401. The van der Waals surface area contributed by atoms with Crippen molar-refractivity contribution >= 4 is 21.6 Å². The Morgan fingerprint density at radius 3 is 2.60 bits per heavy atom. The zero-order valence-electron chi connectivity index (χ0n) is 11.9. The number of benzene rings is 2. The van der Waals surface area contributed by atoms with Crippen molar-refractivity contribution in [2.75, 3.05) is 12.4 Å². The molecular weight excluding hydrogens is 314 g/mol. The zero-order valence-corrected chi connectivity index (χ0v) is 13.5. The molecule has 1 N–H and O–H groups in total. The lowest BCUT2D eigenvalue weighted by molar-refractivity contribution is 0.415. The molecule has 0 saturated heterocycles. The van der Waals surface area contributed by atoms with E-state index >= 15 is 0 Å². The summed E-state index contributed by atoms with van der Waals surface area (Å²) < 4.78 is 6.32. The number of halogens is 1. The van der Waals surface area contributed by atoms with Crippen LogP contribution >= 0.6 is 15.9 Å². The van der Waals surface area contributed by atoms with Gasteiger partial charge in [0.05, 0.1) is 12.8 Å². The van der Waals surface area contributed by atoms with Crippen LogP contribution in [0.15, 0.2) is 53.0 Å². The second kappa shape index (κ2) is 7.34. The third kappa shape index (κ3) is 4.27. The van der Waals surface area contributed by atoms with Gasteiger partial charge in [0.25, 0.3) is 0 Å². The van der Waals surface area contributed by atoms with Crippen molar-refractivity contribution in [3.8, 4) is 5.75 Å². The highest BCUT2D eigenvalue weighted by Crippen LogP contribution is 2.28. The Morgan fingerprint density at radius 1 is 1.15 bits per heavy atom. The van der Waals surface area contributed by atoms with E-state index in [-0.39, 0.29) is 0 Å². The zero-order chi connectivity index (χ0) is 14.4. The molecule has 3 heteroatoms. The smallest absolute Gasteiger partial charge is 0.121 e. The van der Waals surface area contributed by atoms with Crippen LogP contribution in [0.5, 0.6) is 5.75 Å². The number of nitrogens with one attached hydrogen (secondary N) is 1. The van der Waals surface area contributed by atoms with Crippen LogP contribution in [0.3, 0.4) is 0 Å². The van der Waals surface area contributed by atoms with E-state index in [0.29, 0.717) is 6.04 Å². The van der Waals surface area contributed by atoms with Crippen LogP contribution in [0.1, 0.15) is 18.9 Å². The fourth-order valence-electron chi connectivity index (χ4n) is 2.11. The number of methoxy groups -OCH3 is 1. The van der Waals surface area contributed by atoms with E-state index < -0.39 is 0 Å². The van der Waals surface area contributed by atoms with Gasteiger partial charge in [-0.3, -0.25) is 0 Å². The molecule has 0 aliphatic heterocycles. The Labute approximate surface area is 129 Å². The standard InChI is InChI=1S/C17H20BrNO/c1-13(8-9-14-6-4-3-5-7-14)19-17-12-15(20-2)10-11-16(17)18/h3-7,10-13,19H,8-9H2,1-2H3. The highest BCUT2D eigenvalue weighted by Gasteiger charge is 2.07. The molecule has 0 amide bonds. The molecule has 2 rings (SSSR count). The van der Waals surface area contributed by atoms with Crippen molar-refractivity contribution in [3.63, 3.8) is 0 Å². The van der Waals surface area contributed by atoms with Crippen molar-refractivity contribution in [2.24, 2.45) is 0 Å². The molecule has 0 aromatic heterocycles. The van der Waals surface area contributed by atoms with E-state index in [1.165, 1.54) is 5.56 Å². The van der Waals surface area contributed by atoms with Gasteiger partial charge in [0.2, 0.25) is 0 Å². The van der Waals surface area contributed by atoms with E-state index in [1.54, 1.807) is 7.11 Å². The van der Waals surface area contributed by atoms with Gasteiger partial charge < -0.3 is 10.1 Å². The molecule has 2 aromatic carbocycles. The number of hydrogen-bond acceptors (Lipinski definition) is 2. The number of anilines is 1. The van der Waals surface area contributed by atoms with Crippen LogP contribution in [0.2, 0.25) is 0 Å². The Hall–Kier alpha value is -1.48. The molecule has 106 valence electrons. The monoisotopic (exact) mass is 333 g/mol. The van der Waals surface area contributed by atoms with Crippen molar-refractivity contribution in [1.29, 1.82) is 0 Å². The van der Waals surface area contributed by atoms with E-state index in [4.69, 9.17) is 4.74 Å². The van der Waals surface area contributed by atoms with E-state index in [2.05, 4.69) is 58.5 Å². The average molecular weight is 334 g/mol. The molecular formula is C17H20BrNO. The van der Waals surface area contributed by atoms with Gasteiger partial charge >= 0.3 is 0 Å². The average Bonchev–Trinajstić information content (AvgIpc) is 2.48. The molecule has 0 bridgehead atoms. The second-order valence-electron chi connectivity index (χ2n) is 4.92. The number of rotatable bonds is 6. The largest absolute Gasteiger partial charge is 0.497 e. The third-order valence-electron chi connectivity index (χ3n) is 3.28. The number of ether oxygens (including phenoxy) is 1. The molecule has 0 heterocycles. The first-order valence-electron chi connectivity index (χ1n) is 6.83. The molecule has 0 aliphatic carbocycles. The first kappa shape index (κ1) is 14.9. The fraction of sp³-hybridized carbons (Fsp3) is 0.294. The van der Waals surface area contributed by atoms with Crippen molar-refractivity contribution in [3.05, 3.63) is 58.6 Å². The van der Waals surface area contributed by atoms with Crippen molar-refractivity contribution in [1.82, 2.24) is 0 Å². The topological polar surface area (TPSA) is 21.3 Å². The molecule has 0 aliphatic rings. The van der Waals surface area contributed by atoms with E-state index in [9.17, 15) is 0 Å². The lowest BCUT2D eigenvalue weighted by Crippen LogP contribution is -2.16. The summed E-state index contributed by atoms with van der Waals surface area (Å²) in [4.78, 5) is 0. The van der Waals surface area contributed by atoms with Crippen molar-refractivity contribution in [2.45, 2.75) is 25.8 Å². The van der Waals surface area contributed by atoms with Crippen molar-refractivity contribution < 1.29 is 4.74 Å². The lowest BCUT2D eigenvalue weighted by Gasteiger charge is -2.17. The lowest BCUT2D eigenvalue weighted by atomic mass is 10.1. The number of hydrogen-bond donors (Lipinski definition) is 1. The highest BCUT2D eigenvalue weighted by atomic mass is 79.9. The molecule has 0 fully saturated rings. The molecule has 0 spiro atoms. The summed E-state index contributed by atoms with van der Waals surface area (Å²) >= 11 is 3.57. The van der Waals surface area contributed by atoms with Gasteiger partial charge in [-0.05, 0) is 53.4 Å². The molecule has 0 saturated carbocycles. The Morgan fingerprint density at radius 2 is 1.90 bits per heavy atom. The minimum Gasteiger partial charge on any atom is -0.497 e. The van der Waals surface area contributed by atoms with Gasteiger partial charge in [0.1, 0.15) is 5.75 Å². The quantitative estimate of drug-likeness (QED) is 0.812. The van der Waals surface area contributed by atoms with Crippen LogP contribution in [-0.2, 0) is 6.42 Å². The summed E-state index contributed by atoms with van der Waals surface area (Å²) in [5.74, 6) is 0.867. The predicted molar refractivity (Wildman–Crippen MR) is 88.5 cm³/mol. The van der Waals surface area contributed by atoms with Gasteiger partial charge in [-0.1, -0.05) is 30.3 Å². The predicted octanol–water partition coefficient (Wildman–Crippen LogP) is 4.89. The molecule has 2 aromatic rings. The van der Waals surface area contributed by atoms with Gasteiger partial charge in [-0.15, -0.1) is 0 Å². The second-order valence-corrected chi connectivity index (χ2v) is 5.77. The minimum absolute atomic E-state index is 0.401. The normalized spacial score (nSPS) is 11.9. The number of aryl methyl sites for hydroxylation is 1. The molecule has 1 atom stereocenters. The summed E-state index contributed by atoms with van der Waals surface area (Å²) in [6.45, 7) is 2.20. The van der Waals surface area contributed by atoms with Gasteiger partial charge in [-0.25, -0.2) is 0 Å². The summed E-state index contributed by atoms with van der Waals surface area (Å²) in [7, 11) is 1.69. The summed E-state index contributed by atoms with van der Waals surface area (Å²) in [5.41, 5.74) is 2.45. The van der Waals surface area contributed by atoms with Crippen LogP contribution in [0.25, 0.3) is 0 Å². The fourth-order valence-corrected chi connectivity index (χ4v) is 2.47. The summed E-state index contributed by atoms with van der Waals surface area (Å²) in [6, 6.07) is 17.0. The van der Waals surface area contributed by atoms with E-state index in [1.807, 2.05) is 18.2 Å². The van der Waals surface area contributed by atoms with Gasteiger partial charge in [-0.2, -0.15) is 0 Å². The van der Waals surface area contributed by atoms with Crippen LogP contribution < -0.4 is 10.1 Å². The highest BCUT2D eigenvalue weighted by molar-refractivity contribution is 9.10. The maximum Gasteiger partial charge on any atom is 0.121 e. The Kier molecular flexibility index (Phi) is 5.48. The van der Waals surface area contributed by atoms with Crippen LogP contribution in [-0.4, -0.2) is 13.2 Å². The maximum absolute atomic E-state index is 5.26. The first-order chi connectivity index (χ1) is 9.69. The van der Waals surface area contributed by atoms with Crippen LogP contribution in [0, 0.1) is 0 Å². The summed E-state index contributed by atoms with van der Waals surface area (Å²) in [5, 5.41) is 3.53. The maximum atomic E-state index is 5.26. The molecule has 1 unspecified atom stereocenters. The summed E-state index contributed by atoms with van der Waals surface area (Å²) in [6.07, 6.45) is 2.17. The Balaban J connectivity index is 1.92. The van der Waals surface area contributed by atoms with E-state index in [0.717, 1.165) is 28.8 Å². The molecule has 2 nitrogen and oxygen atoms in total. The Bertz CT molecular complexity index is 542. The molecule has 20 heavy (non-hydrogen) atoms. The van der Waals surface area contributed by atoms with Gasteiger partial charge in [0, 0.05) is 16.6 Å². The first-order valence-corrected chi connectivity index (χ1v) is 7.62. The van der Waals surface area contributed by atoms with Crippen LogP contribution in [0.4, 0.5) is 5.69 Å².